The number of halogens is 1. The molecule has 0 aliphatic rings. The maximum Gasteiger partial charge on any atom is 0.231 e. The molecule has 0 unspecified atom stereocenters. The SMILES string of the molecule is CN(CC(N)=O)Cc1cccc(I)c1. The van der Waals surface area contributed by atoms with Crippen molar-refractivity contribution in [3.05, 3.63) is 33.4 Å². The van der Waals surface area contributed by atoms with E-state index in [1.54, 1.807) is 0 Å². The third-order valence-corrected chi connectivity index (χ3v) is 2.44. The van der Waals surface area contributed by atoms with Crippen molar-refractivity contribution in [2.24, 2.45) is 5.73 Å². The molecule has 0 radical (unpaired) electrons. The minimum Gasteiger partial charge on any atom is -0.369 e. The summed E-state index contributed by atoms with van der Waals surface area (Å²) >= 11 is 2.27. The largest absolute Gasteiger partial charge is 0.369 e. The minimum atomic E-state index is -0.293. The highest BCUT2D eigenvalue weighted by atomic mass is 127. The number of carbonyl (C=O) groups is 1. The van der Waals surface area contributed by atoms with Gasteiger partial charge in [-0.15, -0.1) is 0 Å². The van der Waals surface area contributed by atoms with Crippen LogP contribution in [0.25, 0.3) is 0 Å². The Kier molecular flexibility index (Phi) is 4.34. The first-order valence-corrected chi connectivity index (χ1v) is 5.37. The van der Waals surface area contributed by atoms with E-state index in [0.717, 1.165) is 6.54 Å². The van der Waals surface area contributed by atoms with Gasteiger partial charge < -0.3 is 5.73 Å². The third kappa shape index (κ3) is 4.06. The molecule has 0 aliphatic carbocycles. The Morgan fingerprint density at radius 1 is 1.57 bits per heavy atom. The lowest BCUT2D eigenvalue weighted by Gasteiger charge is -2.14. The van der Waals surface area contributed by atoms with Gasteiger partial charge in [0.1, 0.15) is 0 Å². The van der Waals surface area contributed by atoms with Gasteiger partial charge in [0.05, 0.1) is 6.54 Å². The highest BCUT2D eigenvalue weighted by Crippen LogP contribution is 2.09. The van der Waals surface area contributed by atoms with Gasteiger partial charge in [-0.1, -0.05) is 12.1 Å². The van der Waals surface area contributed by atoms with E-state index in [0.29, 0.717) is 6.54 Å². The highest BCUT2D eigenvalue weighted by Gasteiger charge is 2.03. The van der Waals surface area contributed by atoms with Crippen molar-refractivity contribution in [1.82, 2.24) is 4.90 Å². The van der Waals surface area contributed by atoms with Gasteiger partial charge in [0, 0.05) is 10.1 Å². The van der Waals surface area contributed by atoms with E-state index in [1.165, 1.54) is 9.13 Å². The molecule has 0 heterocycles. The Morgan fingerprint density at radius 3 is 2.86 bits per heavy atom. The molecule has 1 aromatic carbocycles. The molecule has 0 spiro atoms. The number of amides is 1. The van der Waals surface area contributed by atoms with Crippen molar-refractivity contribution in [2.75, 3.05) is 13.6 Å². The zero-order chi connectivity index (χ0) is 10.6. The number of likely N-dealkylation sites (N-methyl/N-ethyl adjacent to an activating group) is 1. The number of rotatable bonds is 4. The topological polar surface area (TPSA) is 46.3 Å². The van der Waals surface area contributed by atoms with Crippen LogP contribution in [0.15, 0.2) is 24.3 Å². The fraction of sp³-hybridized carbons (Fsp3) is 0.300. The second-order valence-electron chi connectivity index (χ2n) is 3.27. The summed E-state index contributed by atoms with van der Waals surface area (Å²) in [6.07, 6.45) is 0. The number of nitrogens with two attached hydrogens (primary N) is 1. The van der Waals surface area contributed by atoms with E-state index in [4.69, 9.17) is 5.73 Å². The number of carbonyl (C=O) groups excluding carboxylic acids is 1. The lowest BCUT2D eigenvalue weighted by Crippen LogP contribution is -2.30. The molecular formula is C10H13IN2O. The number of hydrogen-bond acceptors (Lipinski definition) is 2. The highest BCUT2D eigenvalue weighted by molar-refractivity contribution is 14.1. The van der Waals surface area contributed by atoms with E-state index in [1.807, 2.05) is 30.1 Å². The molecule has 1 aromatic rings. The third-order valence-electron chi connectivity index (χ3n) is 1.77. The molecule has 14 heavy (non-hydrogen) atoms. The summed E-state index contributed by atoms with van der Waals surface area (Å²) < 4.78 is 1.20. The Bertz CT molecular complexity index is 328. The quantitative estimate of drug-likeness (QED) is 0.850. The average molecular weight is 304 g/mol. The van der Waals surface area contributed by atoms with Crippen molar-refractivity contribution in [3.63, 3.8) is 0 Å². The predicted octanol–water partition coefficient (Wildman–Crippen LogP) is 1.21. The normalized spacial score (nSPS) is 10.5. The maximum atomic E-state index is 10.6. The summed E-state index contributed by atoms with van der Waals surface area (Å²) in [5.41, 5.74) is 6.29. The molecule has 0 atom stereocenters. The second kappa shape index (κ2) is 5.31. The Labute approximate surface area is 97.4 Å². The van der Waals surface area contributed by atoms with Gasteiger partial charge in [0.2, 0.25) is 5.91 Å². The first-order valence-electron chi connectivity index (χ1n) is 4.29. The number of benzene rings is 1. The van der Waals surface area contributed by atoms with Crippen LogP contribution in [0.1, 0.15) is 5.56 Å². The van der Waals surface area contributed by atoms with Gasteiger partial charge in [-0.05, 0) is 47.3 Å². The van der Waals surface area contributed by atoms with Gasteiger partial charge in [-0.2, -0.15) is 0 Å². The number of primary amides is 1. The van der Waals surface area contributed by atoms with Gasteiger partial charge >= 0.3 is 0 Å². The molecule has 1 rings (SSSR count). The van der Waals surface area contributed by atoms with Crippen LogP contribution in [0.5, 0.6) is 0 Å². The first kappa shape index (κ1) is 11.5. The molecule has 4 heteroatoms. The molecule has 76 valence electrons. The maximum absolute atomic E-state index is 10.6. The first-order chi connectivity index (χ1) is 6.58. The molecule has 0 saturated heterocycles. The molecule has 0 fully saturated rings. The zero-order valence-electron chi connectivity index (χ0n) is 8.03. The molecule has 2 N–H and O–H groups in total. The van der Waals surface area contributed by atoms with Crippen molar-refractivity contribution in [3.8, 4) is 0 Å². The molecular weight excluding hydrogens is 291 g/mol. The summed E-state index contributed by atoms with van der Waals surface area (Å²) in [7, 11) is 1.88. The van der Waals surface area contributed by atoms with Gasteiger partial charge in [0.25, 0.3) is 0 Å². The van der Waals surface area contributed by atoms with Gasteiger partial charge in [-0.25, -0.2) is 0 Å². The molecule has 0 bridgehead atoms. The van der Waals surface area contributed by atoms with E-state index >= 15 is 0 Å². The van der Waals surface area contributed by atoms with E-state index < -0.39 is 0 Å². The Hall–Kier alpha value is -0.620. The lowest BCUT2D eigenvalue weighted by molar-refractivity contribution is -0.118. The summed E-state index contributed by atoms with van der Waals surface area (Å²) in [6, 6.07) is 8.19. The summed E-state index contributed by atoms with van der Waals surface area (Å²) in [6.45, 7) is 1.05. The Morgan fingerprint density at radius 2 is 2.29 bits per heavy atom. The van der Waals surface area contributed by atoms with Crippen molar-refractivity contribution < 1.29 is 4.79 Å². The van der Waals surface area contributed by atoms with Crippen LogP contribution < -0.4 is 5.73 Å². The molecule has 1 amide bonds. The molecule has 0 saturated carbocycles. The van der Waals surface area contributed by atoms with Crippen LogP contribution in [0.3, 0.4) is 0 Å². The summed E-state index contributed by atoms with van der Waals surface area (Å²) in [5, 5.41) is 0. The smallest absolute Gasteiger partial charge is 0.231 e. The van der Waals surface area contributed by atoms with Crippen LogP contribution in [0, 0.1) is 3.57 Å². The van der Waals surface area contributed by atoms with E-state index in [2.05, 4.69) is 28.7 Å². The number of hydrogen-bond donors (Lipinski definition) is 1. The second-order valence-corrected chi connectivity index (χ2v) is 4.51. The lowest BCUT2D eigenvalue weighted by atomic mass is 10.2. The van der Waals surface area contributed by atoms with Crippen LogP contribution in [-0.2, 0) is 11.3 Å². The standard InChI is InChI=1S/C10H13IN2O/c1-13(7-10(12)14)6-8-3-2-4-9(11)5-8/h2-5H,6-7H2,1H3,(H2,12,14). The molecule has 0 aliphatic heterocycles. The predicted molar refractivity (Wildman–Crippen MR) is 64.7 cm³/mol. The summed E-state index contributed by atoms with van der Waals surface area (Å²) in [5.74, 6) is -0.293. The fourth-order valence-corrected chi connectivity index (χ4v) is 1.88. The van der Waals surface area contributed by atoms with E-state index in [9.17, 15) is 4.79 Å². The Balaban J connectivity index is 2.55. The van der Waals surface area contributed by atoms with Crippen LogP contribution in [0.4, 0.5) is 0 Å². The molecule has 0 aromatic heterocycles. The average Bonchev–Trinajstić information content (AvgIpc) is 2.01. The van der Waals surface area contributed by atoms with Crippen LogP contribution >= 0.6 is 22.6 Å². The van der Waals surface area contributed by atoms with Crippen LogP contribution in [-0.4, -0.2) is 24.4 Å². The van der Waals surface area contributed by atoms with Crippen molar-refractivity contribution in [1.29, 1.82) is 0 Å². The fourth-order valence-electron chi connectivity index (χ4n) is 1.27. The number of nitrogens with zero attached hydrogens (tertiary/aromatic N) is 1. The van der Waals surface area contributed by atoms with Gasteiger partial charge in [0.15, 0.2) is 0 Å². The molecule has 3 nitrogen and oxygen atoms in total. The summed E-state index contributed by atoms with van der Waals surface area (Å²) in [4.78, 5) is 12.5. The van der Waals surface area contributed by atoms with Gasteiger partial charge in [-0.3, -0.25) is 9.69 Å². The monoisotopic (exact) mass is 304 g/mol. The van der Waals surface area contributed by atoms with Crippen molar-refractivity contribution in [2.45, 2.75) is 6.54 Å². The zero-order valence-corrected chi connectivity index (χ0v) is 10.2. The van der Waals surface area contributed by atoms with E-state index in [-0.39, 0.29) is 5.91 Å². The van der Waals surface area contributed by atoms with Crippen molar-refractivity contribution >= 4 is 28.5 Å². The van der Waals surface area contributed by atoms with Crippen LogP contribution in [0.2, 0.25) is 0 Å². The minimum absolute atomic E-state index is 0.293.